The number of hydrogen-bond donors (Lipinski definition) is 2. The van der Waals surface area contributed by atoms with Gasteiger partial charge in [0.25, 0.3) is 5.91 Å². The Morgan fingerprint density at radius 1 is 1.00 bits per heavy atom. The molecule has 0 saturated heterocycles. The summed E-state index contributed by atoms with van der Waals surface area (Å²) in [6.07, 6.45) is 0. The second kappa shape index (κ2) is 7.05. The molecule has 0 unspecified atom stereocenters. The molecular formula is C18H19FN2O2. The average molecular weight is 314 g/mol. The van der Waals surface area contributed by atoms with Gasteiger partial charge in [0, 0.05) is 11.3 Å². The fraction of sp³-hybridized carbons (Fsp3) is 0.222. The molecule has 4 nitrogen and oxygen atoms in total. The fourth-order valence-corrected chi connectivity index (χ4v) is 2.33. The molecular weight excluding hydrogens is 295 g/mol. The zero-order valence-electron chi connectivity index (χ0n) is 13.4. The van der Waals surface area contributed by atoms with Crippen LogP contribution in [0.1, 0.15) is 27.0 Å². The van der Waals surface area contributed by atoms with Gasteiger partial charge in [-0.1, -0.05) is 17.2 Å². The van der Waals surface area contributed by atoms with E-state index >= 15 is 0 Å². The van der Waals surface area contributed by atoms with Crippen molar-refractivity contribution in [2.24, 2.45) is 0 Å². The van der Waals surface area contributed by atoms with Crippen molar-refractivity contribution in [3.63, 3.8) is 0 Å². The van der Waals surface area contributed by atoms with Gasteiger partial charge in [-0.3, -0.25) is 9.59 Å². The largest absolute Gasteiger partial charge is 0.343 e. The van der Waals surface area contributed by atoms with Crippen molar-refractivity contribution in [2.75, 3.05) is 11.9 Å². The van der Waals surface area contributed by atoms with Gasteiger partial charge in [0.05, 0.1) is 6.54 Å². The molecule has 23 heavy (non-hydrogen) atoms. The smallest absolute Gasteiger partial charge is 0.251 e. The lowest BCUT2D eigenvalue weighted by molar-refractivity contribution is -0.115. The highest BCUT2D eigenvalue weighted by molar-refractivity contribution is 5.99. The second-order valence-electron chi connectivity index (χ2n) is 5.57. The highest BCUT2D eigenvalue weighted by Crippen LogP contribution is 2.15. The summed E-state index contributed by atoms with van der Waals surface area (Å²) >= 11 is 0. The molecule has 0 saturated carbocycles. The Morgan fingerprint density at radius 3 is 2.26 bits per heavy atom. The first kappa shape index (κ1) is 16.7. The van der Waals surface area contributed by atoms with Crippen LogP contribution in [0, 0.1) is 26.6 Å². The van der Waals surface area contributed by atoms with Crippen LogP contribution in [0.2, 0.25) is 0 Å². The minimum atomic E-state index is -0.363. The minimum absolute atomic E-state index is 0.150. The summed E-state index contributed by atoms with van der Waals surface area (Å²) in [5.74, 6) is -1.02. The maximum Gasteiger partial charge on any atom is 0.251 e. The molecule has 0 bridgehead atoms. The van der Waals surface area contributed by atoms with Crippen LogP contribution in [0.15, 0.2) is 36.4 Å². The van der Waals surface area contributed by atoms with Crippen molar-refractivity contribution in [3.05, 3.63) is 64.5 Å². The van der Waals surface area contributed by atoms with Gasteiger partial charge in [0.15, 0.2) is 0 Å². The summed E-state index contributed by atoms with van der Waals surface area (Å²) in [4.78, 5) is 24.0. The number of carbonyl (C=O) groups is 2. The lowest BCUT2D eigenvalue weighted by Crippen LogP contribution is -2.33. The predicted octanol–water partition coefficient (Wildman–Crippen LogP) is 3.12. The summed E-state index contributed by atoms with van der Waals surface area (Å²) in [6.45, 7) is 5.37. The minimum Gasteiger partial charge on any atom is -0.343 e. The first-order valence-corrected chi connectivity index (χ1v) is 7.27. The van der Waals surface area contributed by atoms with Crippen molar-refractivity contribution < 1.29 is 14.0 Å². The van der Waals surface area contributed by atoms with E-state index in [1.807, 2.05) is 19.9 Å². The van der Waals surface area contributed by atoms with Crippen molar-refractivity contribution >= 4 is 17.5 Å². The number of aryl methyl sites for hydroxylation is 3. The SMILES string of the molecule is Cc1cc(C)cc(C(=O)NCC(=O)Nc2ccc(F)cc2C)c1. The molecule has 0 aliphatic carbocycles. The van der Waals surface area contributed by atoms with Gasteiger partial charge in [0.2, 0.25) is 5.91 Å². The molecule has 0 heterocycles. The molecule has 5 heteroatoms. The Bertz CT molecular complexity index is 736. The Kier molecular flexibility index (Phi) is 5.11. The molecule has 0 fully saturated rings. The van der Waals surface area contributed by atoms with Gasteiger partial charge in [-0.05, 0) is 56.7 Å². The van der Waals surface area contributed by atoms with Crippen LogP contribution in [-0.2, 0) is 4.79 Å². The van der Waals surface area contributed by atoms with E-state index in [-0.39, 0.29) is 24.2 Å². The van der Waals surface area contributed by atoms with Crippen LogP contribution in [0.25, 0.3) is 0 Å². The first-order valence-electron chi connectivity index (χ1n) is 7.27. The Morgan fingerprint density at radius 2 is 1.65 bits per heavy atom. The molecule has 2 aromatic carbocycles. The highest BCUT2D eigenvalue weighted by atomic mass is 19.1. The predicted molar refractivity (Wildman–Crippen MR) is 88.0 cm³/mol. The van der Waals surface area contributed by atoms with Crippen LogP contribution in [0.3, 0.4) is 0 Å². The van der Waals surface area contributed by atoms with E-state index in [0.29, 0.717) is 16.8 Å². The standard InChI is InChI=1S/C18H19FN2O2/c1-11-6-12(2)8-14(7-11)18(23)20-10-17(22)21-16-5-4-15(19)9-13(16)3/h4-9H,10H2,1-3H3,(H,20,23)(H,21,22). The molecule has 2 N–H and O–H groups in total. The Labute approximate surface area is 134 Å². The third-order valence-electron chi connectivity index (χ3n) is 3.36. The molecule has 0 radical (unpaired) electrons. The van der Waals surface area contributed by atoms with Crippen LogP contribution >= 0.6 is 0 Å². The van der Waals surface area contributed by atoms with Crippen molar-refractivity contribution in [2.45, 2.75) is 20.8 Å². The average Bonchev–Trinajstić information content (AvgIpc) is 2.46. The first-order chi connectivity index (χ1) is 10.8. The molecule has 2 amide bonds. The summed E-state index contributed by atoms with van der Waals surface area (Å²) in [5, 5.41) is 5.23. The zero-order valence-corrected chi connectivity index (χ0v) is 13.4. The zero-order chi connectivity index (χ0) is 17.0. The maximum absolute atomic E-state index is 13.0. The molecule has 0 atom stereocenters. The molecule has 2 aromatic rings. The number of carbonyl (C=O) groups excluding carboxylic acids is 2. The number of hydrogen-bond acceptors (Lipinski definition) is 2. The van der Waals surface area contributed by atoms with E-state index in [0.717, 1.165) is 11.1 Å². The number of nitrogens with one attached hydrogen (secondary N) is 2. The third-order valence-corrected chi connectivity index (χ3v) is 3.36. The molecule has 0 aliphatic rings. The second-order valence-corrected chi connectivity index (χ2v) is 5.57. The normalized spacial score (nSPS) is 10.3. The molecule has 0 aromatic heterocycles. The molecule has 0 aliphatic heterocycles. The van der Waals surface area contributed by atoms with Crippen LogP contribution < -0.4 is 10.6 Å². The van der Waals surface area contributed by atoms with Gasteiger partial charge < -0.3 is 10.6 Å². The van der Waals surface area contributed by atoms with E-state index in [4.69, 9.17) is 0 Å². The number of benzene rings is 2. The highest BCUT2D eigenvalue weighted by Gasteiger charge is 2.10. The van der Waals surface area contributed by atoms with Crippen LogP contribution in [0.5, 0.6) is 0 Å². The van der Waals surface area contributed by atoms with E-state index in [2.05, 4.69) is 10.6 Å². The maximum atomic E-state index is 13.0. The Balaban J connectivity index is 1.94. The van der Waals surface area contributed by atoms with E-state index < -0.39 is 0 Å². The third kappa shape index (κ3) is 4.64. The van der Waals surface area contributed by atoms with Crippen molar-refractivity contribution in [1.82, 2.24) is 5.32 Å². The van der Waals surface area contributed by atoms with Gasteiger partial charge in [-0.2, -0.15) is 0 Å². The van der Waals surface area contributed by atoms with Gasteiger partial charge in [-0.25, -0.2) is 4.39 Å². The number of anilines is 1. The van der Waals surface area contributed by atoms with E-state index in [1.165, 1.54) is 18.2 Å². The van der Waals surface area contributed by atoms with Gasteiger partial charge >= 0.3 is 0 Å². The lowest BCUT2D eigenvalue weighted by Gasteiger charge is -2.10. The van der Waals surface area contributed by atoms with Crippen molar-refractivity contribution in [1.29, 1.82) is 0 Å². The number of halogens is 1. The fourth-order valence-electron chi connectivity index (χ4n) is 2.33. The van der Waals surface area contributed by atoms with Crippen LogP contribution in [-0.4, -0.2) is 18.4 Å². The van der Waals surface area contributed by atoms with E-state index in [9.17, 15) is 14.0 Å². The summed E-state index contributed by atoms with van der Waals surface area (Å²) in [5.41, 5.74) is 3.65. The van der Waals surface area contributed by atoms with Gasteiger partial charge in [0.1, 0.15) is 5.82 Å². The number of amides is 2. The number of rotatable bonds is 4. The topological polar surface area (TPSA) is 58.2 Å². The Hall–Kier alpha value is -2.69. The lowest BCUT2D eigenvalue weighted by atomic mass is 10.1. The summed E-state index contributed by atoms with van der Waals surface area (Å²) < 4.78 is 13.0. The van der Waals surface area contributed by atoms with Crippen molar-refractivity contribution in [3.8, 4) is 0 Å². The molecule has 2 rings (SSSR count). The van der Waals surface area contributed by atoms with Crippen LogP contribution in [0.4, 0.5) is 10.1 Å². The summed E-state index contributed by atoms with van der Waals surface area (Å²) in [6, 6.07) is 9.62. The molecule has 120 valence electrons. The quantitative estimate of drug-likeness (QED) is 0.911. The molecule has 0 spiro atoms. The van der Waals surface area contributed by atoms with E-state index in [1.54, 1.807) is 19.1 Å². The van der Waals surface area contributed by atoms with Gasteiger partial charge in [-0.15, -0.1) is 0 Å². The monoisotopic (exact) mass is 314 g/mol. The summed E-state index contributed by atoms with van der Waals surface area (Å²) in [7, 11) is 0.